The van der Waals surface area contributed by atoms with Crippen molar-refractivity contribution in [1.29, 1.82) is 0 Å². The van der Waals surface area contributed by atoms with Crippen LogP contribution in [0, 0.1) is 11.8 Å². The van der Waals surface area contributed by atoms with Gasteiger partial charge in [0.2, 0.25) is 5.91 Å². The highest BCUT2D eigenvalue weighted by Crippen LogP contribution is 2.22. The first-order chi connectivity index (χ1) is 9.41. The van der Waals surface area contributed by atoms with Crippen LogP contribution in [0.2, 0.25) is 0 Å². The Kier molecular flexibility index (Phi) is 6.22. The molecule has 0 aliphatic heterocycles. The summed E-state index contributed by atoms with van der Waals surface area (Å²) >= 11 is 0. The van der Waals surface area contributed by atoms with Crippen molar-refractivity contribution < 1.29 is 14.7 Å². The van der Waals surface area contributed by atoms with Crippen molar-refractivity contribution in [3.63, 3.8) is 0 Å². The lowest BCUT2D eigenvalue weighted by Gasteiger charge is -2.23. The topological polar surface area (TPSA) is 66.4 Å². The molecule has 2 unspecified atom stereocenters. The van der Waals surface area contributed by atoms with Crippen molar-refractivity contribution in [3.8, 4) is 0 Å². The van der Waals surface area contributed by atoms with E-state index in [0.29, 0.717) is 12.3 Å². The van der Waals surface area contributed by atoms with E-state index in [-0.39, 0.29) is 5.91 Å². The predicted octanol–water partition coefficient (Wildman–Crippen LogP) is 3.00. The minimum Gasteiger partial charge on any atom is -0.481 e. The Morgan fingerprint density at radius 1 is 1.15 bits per heavy atom. The number of aliphatic carboxylic acids is 1. The molecule has 0 saturated heterocycles. The number of carbonyl (C=O) groups is 2. The fourth-order valence-corrected chi connectivity index (χ4v) is 1.97. The highest BCUT2D eigenvalue weighted by Gasteiger charge is 2.26. The number of carboxylic acid groups (broad SMARTS) is 1. The second-order valence-corrected chi connectivity index (χ2v) is 5.52. The van der Waals surface area contributed by atoms with Crippen LogP contribution in [0.3, 0.4) is 0 Å². The Morgan fingerprint density at radius 3 is 2.25 bits per heavy atom. The third kappa shape index (κ3) is 5.03. The number of carboxylic acids is 1. The molecule has 0 heterocycles. The lowest BCUT2D eigenvalue weighted by atomic mass is 9.94. The zero-order valence-corrected chi connectivity index (χ0v) is 12.3. The molecule has 1 aromatic rings. The van der Waals surface area contributed by atoms with Gasteiger partial charge in [-0.15, -0.1) is 0 Å². The third-order valence-electron chi connectivity index (χ3n) is 3.31. The van der Waals surface area contributed by atoms with Gasteiger partial charge in [-0.05, 0) is 24.8 Å². The second-order valence-electron chi connectivity index (χ2n) is 5.52. The summed E-state index contributed by atoms with van der Waals surface area (Å²) in [6, 6.07) is 8.74. The summed E-state index contributed by atoms with van der Waals surface area (Å²) in [5, 5.41) is 12.0. The van der Waals surface area contributed by atoms with Crippen LogP contribution in [-0.2, 0) is 9.59 Å². The molecule has 2 atom stereocenters. The summed E-state index contributed by atoms with van der Waals surface area (Å²) in [4.78, 5) is 23.2. The molecule has 0 radical (unpaired) electrons. The van der Waals surface area contributed by atoms with E-state index in [1.807, 2.05) is 30.3 Å². The van der Waals surface area contributed by atoms with E-state index in [1.54, 1.807) is 6.92 Å². The molecular weight excluding hydrogens is 254 g/mol. The van der Waals surface area contributed by atoms with Crippen LogP contribution in [-0.4, -0.2) is 17.0 Å². The average molecular weight is 277 g/mol. The van der Waals surface area contributed by atoms with Gasteiger partial charge in [-0.3, -0.25) is 9.59 Å². The minimum absolute atomic E-state index is 0.0966. The highest BCUT2D eigenvalue weighted by molar-refractivity contribution is 5.78. The number of hydrogen-bond donors (Lipinski definition) is 2. The van der Waals surface area contributed by atoms with E-state index in [4.69, 9.17) is 0 Å². The van der Waals surface area contributed by atoms with Gasteiger partial charge in [0.1, 0.15) is 0 Å². The van der Waals surface area contributed by atoms with Crippen molar-refractivity contribution in [3.05, 3.63) is 35.9 Å². The summed E-state index contributed by atoms with van der Waals surface area (Å²) < 4.78 is 0. The minimum atomic E-state index is -0.914. The Balaban J connectivity index is 2.79. The molecule has 1 amide bonds. The largest absolute Gasteiger partial charge is 0.481 e. The zero-order valence-electron chi connectivity index (χ0n) is 12.3. The van der Waals surface area contributed by atoms with Crippen LogP contribution in [0.25, 0.3) is 0 Å². The average Bonchev–Trinajstić information content (AvgIpc) is 2.42. The van der Waals surface area contributed by atoms with Crippen LogP contribution in [0.15, 0.2) is 30.3 Å². The quantitative estimate of drug-likeness (QED) is 0.805. The highest BCUT2D eigenvalue weighted by atomic mass is 16.4. The van der Waals surface area contributed by atoms with E-state index in [9.17, 15) is 14.7 Å². The molecule has 0 aromatic heterocycles. The van der Waals surface area contributed by atoms with Gasteiger partial charge in [-0.2, -0.15) is 0 Å². The third-order valence-corrected chi connectivity index (χ3v) is 3.31. The van der Waals surface area contributed by atoms with Gasteiger partial charge in [0.05, 0.1) is 12.0 Å². The van der Waals surface area contributed by atoms with E-state index in [2.05, 4.69) is 19.2 Å². The van der Waals surface area contributed by atoms with Gasteiger partial charge < -0.3 is 10.4 Å². The summed E-state index contributed by atoms with van der Waals surface area (Å²) in [6.07, 6.45) is 1.22. The predicted molar refractivity (Wildman–Crippen MR) is 78.2 cm³/mol. The molecule has 0 bridgehead atoms. The first-order valence-electron chi connectivity index (χ1n) is 6.99. The van der Waals surface area contributed by atoms with Gasteiger partial charge in [0, 0.05) is 6.42 Å². The van der Waals surface area contributed by atoms with Crippen LogP contribution in [0.5, 0.6) is 0 Å². The molecule has 0 saturated carbocycles. The maximum Gasteiger partial charge on any atom is 0.308 e. The fraction of sp³-hybridized carbons (Fsp3) is 0.500. The van der Waals surface area contributed by atoms with Crippen molar-refractivity contribution in [2.24, 2.45) is 11.8 Å². The van der Waals surface area contributed by atoms with Gasteiger partial charge in [-0.1, -0.05) is 44.2 Å². The first kappa shape index (κ1) is 16.2. The van der Waals surface area contributed by atoms with Crippen molar-refractivity contribution in [2.45, 2.75) is 39.7 Å². The van der Waals surface area contributed by atoms with Crippen LogP contribution in [0.1, 0.15) is 45.2 Å². The summed E-state index contributed by atoms with van der Waals surface area (Å²) in [5.74, 6) is -1.23. The number of carbonyl (C=O) groups excluding carboxylic acids is 1. The van der Waals surface area contributed by atoms with E-state index < -0.39 is 17.9 Å². The standard InChI is InChI=1S/C16H23NO3/c1-11(2)9-10-14(18)17-15(12(3)16(19)20)13-7-5-4-6-8-13/h4-8,11-12,15H,9-10H2,1-3H3,(H,17,18)(H,19,20). The number of rotatable bonds is 7. The fourth-order valence-electron chi connectivity index (χ4n) is 1.97. The van der Waals surface area contributed by atoms with Crippen molar-refractivity contribution >= 4 is 11.9 Å². The number of nitrogens with one attached hydrogen (secondary N) is 1. The molecule has 2 N–H and O–H groups in total. The molecule has 0 aliphatic rings. The van der Waals surface area contributed by atoms with Crippen LogP contribution >= 0.6 is 0 Å². The Labute approximate surface area is 120 Å². The van der Waals surface area contributed by atoms with E-state index in [0.717, 1.165) is 12.0 Å². The zero-order chi connectivity index (χ0) is 15.1. The van der Waals surface area contributed by atoms with Crippen molar-refractivity contribution in [1.82, 2.24) is 5.32 Å². The number of benzene rings is 1. The monoisotopic (exact) mass is 277 g/mol. The molecule has 1 rings (SSSR count). The summed E-state index contributed by atoms with van der Waals surface area (Å²) in [6.45, 7) is 5.73. The molecule has 4 nitrogen and oxygen atoms in total. The number of amides is 1. The van der Waals surface area contributed by atoms with Crippen molar-refractivity contribution in [2.75, 3.05) is 0 Å². The smallest absolute Gasteiger partial charge is 0.308 e. The molecular formula is C16H23NO3. The Morgan fingerprint density at radius 2 is 1.75 bits per heavy atom. The molecule has 4 heteroatoms. The van der Waals surface area contributed by atoms with E-state index in [1.165, 1.54) is 0 Å². The van der Waals surface area contributed by atoms with Gasteiger partial charge in [0.25, 0.3) is 0 Å². The summed E-state index contributed by atoms with van der Waals surface area (Å²) in [7, 11) is 0. The maximum atomic E-state index is 12.0. The van der Waals surface area contributed by atoms with Crippen LogP contribution < -0.4 is 5.32 Å². The molecule has 0 fully saturated rings. The Bertz CT molecular complexity index is 442. The lowest BCUT2D eigenvalue weighted by molar-refractivity contribution is -0.142. The maximum absolute atomic E-state index is 12.0. The van der Waals surface area contributed by atoms with Gasteiger partial charge in [0.15, 0.2) is 0 Å². The van der Waals surface area contributed by atoms with E-state index >= 15 is 0 Å². The second kappa shape index (κ2) is 7.68. The summed E-state index contributed by atoms with van der Waals surface area (Å²) in [5.41, 5.74) is 0.820. The van der Waals surface area contributed by atoms with Gasteiger partial charge >= 0.3 is 5.97 Å². The molecule has 0 aliphatic carbocycles. The van der Waals surface area contributed by atoms with Gasteiger partial charge in [-0.25, -0.2) is 0 Å². The lowest BCUT2D eigenvalue weighted by Crippen LogP contribution is -2.35. The SMILES string of the molecule is CC(C)CCC(=O)NC(c1ccccc1)C(C)C(=O)O. The normalized spacial score (nSPS) is 13.8. The molecule has 110 valence electrons. The molecule has 1 aromatic carbocycles. The Hall–Kier alpha value is -1.84. The first-order valence-corrected chi connectivity index (χ1v) is 6.99. The molecule has 0 spiro atoms. The molecule has 20 heavy (non-hydrogen) atoms. The van der Waals surface area contributed by atoms with Crippen LogP contribution in [0.4, 0.5) is 0 Å². The number of hydrogen-bond acceptors (Lipinski definition) is 2.